The SMILES string of the molecule is CCOC(=O)c1csc(CCNC(=O)C2CCN(c3nc(C)c4cc(C(C)C)ccc4n3)CC2)n1. The molecule has 1 saturated heterocycles. The van der Waals surface area contributed by atoms with Crippen LogP contribution in [0.3, 0.4) is 0 Å². The molecule has 35 heavy (non-hydrogen) atoms. The number of esters is 1. The van der Waals surface area contributed by atoms with E-state index in [-0.39, 0.29) is 11.8 Å². The van der Waals surface area contributed by atoms with Crippen LogP contribution in [0.15, 0.2) is 23.6 Å². The summed E-state index contributed by atoms with van der Waals surface area (Å²) in [5.74, 6) is 0.854. The average molecular weight is 496 g/mol. The van der Waals surface area contributed by atoms with Gasteiger partial charge in [-0.05, 0) is 50.3 Å². The van der Waals surface area contributed by atoms with E-state index in [1.807, 2.05) is 6.92 Å². The summed E-state index contributed by atoms with van der Waals surface area (Å²) in [6, 6.07) is 6.42. The summed E-state index contributed by atoms with van der Waals surface area (Å²) in [5, 5.41) is 6.64. The first-order chi connectivity index (χ1) is 16.9. The largest absolute Gasteiger partial charge is 0.461 e. The molecular weight excluding hydrogens is 462 g/mol. The highest BCUT2D eigenvalue weighted by atomic mass is 32.1. The van der Waals surface area contributed by atoms with Gasteiger partial charge in [-0.2, -0.15) is 0 Å². The average Bonchev–Trinajstić information content (AvgIpc) is 3.33. The number of piperidine rings is 1. The summed E-state index contributed by atoms with van der Waals surface area (Å²) in [4.78, 5) is 40.5. The van der Waals surface area contributed by atoms with Crippen LogP contribution in [0.4, 0.5) is 5.95 Å². The van der Waals surface area contributed by atoms with Gasteiger partial charge in [-0.1, -0.05) is 19.9 Å². The van der Waals surface area contributed by atoms with E-state index in [1.165, 1.54) is 16.9 Å². The molecule has 4 rings (SSSR count). The van der Waals surface area contributed by atoms with Gasteiger partial charge in [0.1, 0.15) is 0 Å². The van der Waals surface area contributed by atoms with Crippen molar-refractivity contribution in [2.24, 2.45) is 5.92 Å². The summed E-state index contributed by atoms with van der Waals surface area (Å²) < 4.78 is 4.97. The van der Waals surface area contributed by atoms with Crippen LogP contribution in [0.2, 0.25) is 0 Å². The maximum absolute atomic E-state index is 12.7. The number of amides is 1. The number of rotatable bonds is 8. The first-order valence-electron chi connectivity index (χ1n) is 12.3. The normalized spacial score (nSPS) is 14.5. The Labute approximate surface area is 210 Å². The van der Waals surface area contributed by atoms with Gasteiger partial charge in [0, 0.05) is 42.7 Å². The van der Waals surface area contributed by atoms with Crippen LogP contribution in [0.5, 0.6) is 0 Å². The summed E-state index contributed by atoms with van der Waals surface area (Å²) in [7, 11) is 0. The van der Waals surface area contributed by atoms with Crippen LogP contribution in [0.25, 0.3) is 10.9 Å². The van der Waals surface area contributed by atoms with Crippen molar-refractivity contribution >= 4 is 40.1 Å². The third-order valence-corrected chi connectivity index (χ3v) is 7.30. The molecule has 0 bridgehead atoms. The molecule has 0 spiro atoms. The van der Waals surface area contributed by atoms with E-state index >= 15 is 0 Å². The molecule has 1 aliphatic rings. The van der Waals surface area contributed by atoms with E-state index < -0.39 is 5.97 Å². The van der Waals surface area contributed by atoms with Crippen molar-refractivity contribution in [3.05, 3.63) is 45.5 Å². The zero-order valence-corrected chi connectivity index (χ0v) is 21.7. The van der Waals surface area contributed by atoms with Crippen molar-refractivity contribution in [3.63, 3.8) is 0 Å². The van der Waals surface area contributed by atoms with Crippen LogP contribution < -0.4 is 10.2 Å². The van der Waals surface area contributed by atoms with E-state index in [9.17, 15) is 9.59 Å². The summed E-state index contributed by atoms with van der Waals surface area (Å²) in [5.41, 5.74) is 3.57. The highest BCUT2D eigenvalue weighted by Crippen LogP contribution is 2.26. The number of ether oxygens (including phenoxy) is 1. The molecule has 3 aromatic rings. The number of carbonyl (C=O) groups is 2. The minimum Gasteiger partial charge on any atom is -0.461 e. The smallest absolute Gasteiger partial charge is 0.357 e. The number of hydrogen-bond donors (Lipinski definition) is 1. The third kappa shape index (κ3) is 5.96. The lowest BCUT2D eigenvalue weighted by Crippen LogP contribution is -2.41. The van der Waals surface area contributed by atoms with Crippen LogP contribution >= 0.6 is 11.3 Å². The number of nitrogens with one attached hydrogen (secondary N) is 1. The fourth-order valence-electron chi connectivity index (χ4n) is 4.29. The van der Waals surface area contributed by atoms with Crippen LogP contribution in [-0.2, 0) is 16.0 Å². The van der Waals surface area contributed by atoms with Gasteiger partial charge in [-0.3, -0.25) is 4.79 Å². The van der Waals surface area contributed by atoms with Crippen molar-refractivity contribution in [3.8, 4) is 0 Å². The monoisotopic (exact) mass is 495 g/mol. The van der Waals surface area contributed by atoms with Gasteiger partial charge >= 0.3 is 5.97 Å². The number of nitrogens with zero attached hydrogens (tertiary/aromatic N) is 4. The molecule has 3 heterocycles. The van der Waals surface area contributed by atoms with Crippen molar-refractivity contribution in [1.82, 2.24) is 20.3 Å². The fraction of sp³-hybridized carbons (Fsp3) is 0.500. The topological polar surface area (TPSA) is 97.3 Å². The molecule has 1 fully saturated rings. The van der Waals surface area contributed by atoms with Gasteiger partial charge in [-0.15, -0.1) is 11.3 Å². The second-order valence-electron chi connectivity index (χ2n) is 9.19. The Morgan fingerprint density at radius 3 is 2.69 bits per heavy atom. The lowest BCUT2D eigenvalue weighted by atomic mass is 9.96. The van der Waals surface area contributed by atoms with Crippen molar-refractivity contribution in [1.29, 1.82) is 0 Å². The molecule has 2 aromatic heterocycles. The van der Waals surface area contributed by atoms with Crippen LogP contribution in [0, 0.1) is 12.8 Å². The molecule has 0 atom stereocenters. The van der Waals surface area contributed by atoms with Gasteiger partial charge in [0.15, 0.2) is 5.69 Å². The van der Waals surface area contributed by atoms with Crippen molar-refractivity contribution in [2.45, 2.75) is 52.9 Å². The molecular formula is C26H33N5O3S. The van der Waals surface area contributed by atoms with Gasteiger partial charge in [0.2, 0.25) is 11.9 Å². The highest BCUT2D eigenvalue weighted by molar-refractivity contribution is 7.09. The zero-order chi connectivity index (χ0) is 24.9. The number of carbonyl (C=O) groups excluding carboxylic acids is 2. The Morgan fingerprint density at radius 2 is 1.97 bits per heavy atom. The van der Waals surface area contributed by atoms with E-state index in [0.29, 0.717) is 31.2 Å². The Morgan fingerprint density at radius 1 is 1.20 bits per heavy atom. The minimum absolute atomic E-state index is 0.0206. The van der Waals surface area contributed by atoms with E-state index in [0.717, 1.165) is 53.5 Å². The fourth-order valence-corrected chi connectivity index (χ4v) is 5.06. The Balaban J connectivity index is 1.28. The molecule has 8 nitrogen and oxygen atoms in total. The number of fused-ring (bicyclic) bond motifs is 1. The first-order valence-corrected chi connectivity index (χ1v) is 13.2. The zero-order valence-electron chi connectivity index (χ0n) is 20.8. The van der Waals surface area contributed by atoms with E-state index in [4.69, 9.17) is 14.7 Å². The lowest BCUT2D eigenvalue weighted by Gasteiger charge is -2.31. The Kier molecular flexibility index (Phi) is 7.95. The van der Waals surface area contributed by atoms with Gasteiger partial charge in [0.25, 0.3) is 0 Å². The maximum Gasteiger partial charge on any atom is 0.357 e. The van der Waals surface area contributed by atoms with Crippen molar-refractivity contribution in [2.75, 3.05) is 31.1 Å². The maximum atomic E-state index is 12.7. The molecule has 1 amide bonds. The van der Waals surface area contributed by atoms with Crippen molar-refractivity contribution < 1.29 is 14.3 Å². The molecule has 0 aliphatic carbocycles. The quantitative estimate of drug-likeness (QED) is 0.466. The molecule has 0 unspecified atom stereocenters. The van der Waals surface area contributed by atoms with Gasteiger partial charge in [-0.25, -0.2) is 19.7 Å². The summed E-state index contributed by atoms with van der Waals surface area (Å²) >= 11 is 1.41. The first kappa shape index (κ1) is 25.0. The number of hydrogen-bond acceptors (Lipinski definition) is 8. The number of aryl methyl sites for hydroxylation is 1. The molecule has 1 aliphatic heterocycles. The molecule has 1 aromatic carbocycles. The van der Waals surface area contributed by atoms with Gasteiger partial charge in [0.05, 0.1) is 22.8 Å². The standard InChI is InChI=1S/C26H33N5O3S/c1-5-34-25(33)22-15-35-23(29-22)8-11-27-24(32)18-9-12-31(13-10-18)26-28-17(4)20-14-19(16(2)3)6-7-21(20)30-26/h6-7,14-16,18H,5,8-13H2,1-4H3,(H,27,32). The van der Waals surface area contributed by atoms with E-state index in [1.54, 1.807) is 12.3 Å². The molecule has 0 radical (unpaired) electrons. The summed E-state index contributed by atoms with van der Waals surface area (Å²) in [6.45, 7) is 10.5. The minimum atomic E-state index is -0.406. The van der Waals surface area contributed by atoms with Crippen LogP contribution in [0.1, 0.15) is 66.3 Å². The second kappa shape index (κ2) is 11.1. The number of anilines is 1. The second-order valence-corrected chi connectivity index (χ2v) is 10.1. The van der Waals surface area contributed by atoms with Crippen LogP contribution in [-0.4, -0.2) is 53.1 Å². The predicted octanol–water partition coefficient (Wildman–Crippen LogP) is 4.27. The van der Waals surface area contributed by atoms with E-state index in [2.05, 4.69) is 47.2 Å². The highest BCUT2D eigenvalue weighted by Gasteiger charge is 2.26. The number of benzene rings is 1. The lowest BCUT2D eigenvalue weighted by molar-refractivity contribution is -0.125. The molecule has 9 heteroatoms. The summed E-state index contributed by atoms with van der Waals surface area (Å²) in [6.07, 6.45) is 2.13. The number of thiazole rings is 1. The number of aromatic nitrogens is 3. The van der Waals surface area contributed by atoms with Gasteiger partial charge < -0.3 is 15.0 Å². The Bertz CT molecular complexity index is 1200. The molecule has 1 N–H and O–H groups in total. The molecule has 0 saturated carbocycles. The third-order valence-electron chi connectivity index (χ3n) is 6.39. The predicted molar refractivity (Wildman–Crippen MR) is 138 cm³/mol. The Hall–Kier alpha value is -3.07. The molecule has 186 valence electrons.